The molecule has 18 heavy (non-hydrogen) atoms. The van der Waals surface area contributed by atoms with Gasteiger partial charge in [0.25, 0.3) is 0 Å². The molecule has 0 saturated heterocycles. The first-order valence-electron chi connectivity index (χ1n) is 5.73. The number of benzene rings is 1. The van der Waals surface area contributed by atoms with Gasteiger partial charge >= 0.3 is 5.97 Å². The largest absolute Gasteiger partial charge is 0.467 e. The Hall–Kier alpha value is -1.43. The van der Waals surface area contributed by atoms with Gasteiger partial charge in [-0.05, 0) is 24.0 Å². The third-order valence-corrected chi connectivity index (χ3v) is 2.69. The molecule has 0 heterocycles. The van der Waals surface area contributed by atoms with Crippen LogP contribution in [0, 0.1) is 0 Å². The first-order chi connectivity index (χ1) is 8.60. The molecule has 0 aromatic heterocycles. The molecule has 3 N–H and O–H groups in total. The number of carbonyl (C=O) groups excluding carboxylic acids is 1. The molecular weight excluding hydrogens is 236 g/mol. The Bertz CT molecular complexity index is 373. The molecule has 1 aromatic carbocycles. The van der Waals surface area contributed by atoms with Crippen molar-refractivity contribution in [2.75, 3.05) is 13.7 Å². The van der Waals surface area contributed by atoms with E-state index in [-0.39, 0.29) is 6.61 Å². The van der Waals surface area contributed by atoms with E-state index < -0.39 is 18.2 Å². The van der Waals surface area contributed by atoms with Crippen LogP contribution in [0.4, 0.5) is 0 Å². The second kappa shape index (κ2) is 7.10. The molecule has 0 spiro atoms. The predicted octanol–water partition coefficient (Wildman–Crippen LogP) is 0.179. The van der Waals surface area contributed by atoms with Crippen LogP contribution in [0.5, 0.6) is 0 Å². The lowest BCUT2D eigenvalue weighted by Gasteiger charge is -2.16. The van der Waals surface area contributed by atoms with Gasteiger partial charge in [-0.1, -0.05) is 24.3 Å². The van der Waals surface area contributed by atoms with Crippen molar-refractivity contribution in [3.05, 3.63) is 35.4 Å². The Morgan fingerprint density at radius 1 is 1.28 bits per heavy atom. The van der Waals surface area contributed by atoms with Crippen LogP contribution in [-0.4, -0.2) is 41.1 Å². The van der Waals surface area contributed by atoms with Gasteiger partial charge in [0.05, 0.1) is 7.11 Å². The van der Waals surface area contributed by atoms with E-state index in [2.05, 4.69) is 4.74 Å². The molecule has 0 amide bonds. The fraction of sp³-hybridized carbons (Fsp3) is 0.462. The molecule has 2 atom stereocenters. The standard InChI is InChI=1S/C13H18O5/c1-18-13(17)12(16)11(15)10-6-4-9(5-7-10)3-2-8-14/h4-7,11-12,14-16H,2-3,8H2,1H3. The number of esters is 1. The van der Waals surface area contributed by atoms with Gasteiger partial charge in [-0.3, -0.25) is 0 Å². The van der Waals surface area contributed by atoms with E-state index in [0.717, 1.165) is 19.1 Å². The van der Waals surface area contributed by atoms with Crippen LogP contribution in [0.1, 0.15) is 23.7 Å². The molecule has 100 valence electrons. The SMILES string of the molecule is COC(=O)C(O)C(O)c1ccc(CCCO)cc1. The van der Waals surface area contributed by atoms with Gasteiger partial charge < -0.3 is 20.1 Å². The predicted molar refractivity (Wildman–Crippen MR) is 64.8 cm³/mol. The summed E-state index contributed by atoms with van der Waals surface area (Å²) in [5.41, 5.74) is 1.47. The van der Waals surface area contributed by atoms with E-state index >= 15 is 0 Å². The highest BCUT2D eigenvalue weighted by Crippen LogP contribution is 2.18. The topological polar surface area (TPSA) is 87.0 Å². The normalized spacial score (nSPS) is 14.0. The van der Waals surface area contributed by atoms with E-state index in [0.29, 0.717) is 12.0 Å². The van der Waals surface area contributed by atoms with E-state index in [1.165, 1.54) is 0 Å². The van der Waals surface area contributed by atoms with E-state index in [1.807, 2.05) is 0 Å². The molecule has 0 aliphatic heterocycles. The quantitative estimate of drug-likeness (QED) is 0.630. The lowest BCUT2D eigenvalue weighted by atomic mass is 10.0. The molecule has 0 bridgehead atoms. The lowest BCUT2D eigenvalue weighted by molar-refractivity contribution is -0.156. The molecule has 0 radical (unpaired) electrons. The number of rotatable bonds is 6. The van der Waals surface area contributed by atoms with Crippen molar-refractivity contribution in [3.8, 4) is 0 Å². The van der Waals surface area contributed by atoms with Crippen molar-refractivity contribution in [3.63, 3.8) is 0 Å². The average Bonchev–Trinajstić information content (AvgIpc) is 2.43. The monoisotopic (exact) mass is 254 g/mol. The summed E-state index contributed by atoms with van der Waals surface area (Å²) in [6.45, 7) is 0.130. The third-order valence-electron chi connectivity index (χ3n) is 2.69. The maximum absolute atomic E-state index is 11.1. The Labute approximate surface area is 106 Å². The zero-order valence-electron chi connectivity index (χ0n) is 10.2. The number of methoxy groups -OCH3 is 1. The maximum atomic E-state index is 11.1. The summed E-state index contributed by atoms with van der Waals surface area (Å²) in [4.78, 5) is 11.1. The summed E-state index contributed by atoms with van der Waals surface area (Å²) in [7, 11) is 1.15. The number of hydrogen-bond acceptors (Lipinski definition) is 5. The minimum atomic E-state index is -1.58. The van der Waals surface area contributed by atoms with Crippen molar-refractivity contribution in [1.29, 1.82) is 0 Å². The van der Waals surface area contributed by atoms with Crippen LogP contribution < -0.4 is 0 Å². The lowest BCUT2D eigenvalue weighted by Crippen LogP contribution is -2.29. The molecule has 0 aliphatic carbocycles. The Kier molecular flexibility index (Phi) is 5.77. The molecule has 1 aromatic rings. The smallest absolute Gasteiger partial charge is 0.337 e. The van der Waals surface area contributed by atoms with Gasteiger partial charge in [0.2, 0.25) is 0 Å². The number of hydrogen-bond donors (Lipinski definition) is 3. The van der Waals surface area contributed by atoms with Gasteiger partial charge in [-0.25, -0.2) is 4.79 Å². The summed E-state index contributed by atoms with van der Waals surface area (Å²) in [5.74, 6) is -0.869. The Balaban J connectivity index is 2.69. The maximum Gasteiger partial charge on any atom is 0.337 e. The van der Waals surface area contributed by atoms with Crippen LogP contribution in [0.3, 0.4) is 0 Å². The van der Waals surface area contributed by atoms with Gasteiger partial charge in [-0.15, -0.1) is 0 Å². The molecule has 0 fully saturated rings. The number of ether oxygens (including phenoxy) is 1. The highest BCUT2D eigenvalue weighted by atomic mass is 16.5. The summed E-state index contributed by atoms with van der Waals surface area (Å²) >= 11 is 0. The van der Waals surface area contributed by atoms with E-state index in [1.54, 1.807) is 24.3 Å². The van der Waals surface area contributed by atoms with Crippen molar-refractivity contribution >= 4 is 5.97 Å². The van der Waals surface area contributed by atoms with Crippen molar-refractivity contribution in [2.24, 2.45) is 0 Å². The molecule has 5 heteroatoms. The Morgan fingerprint density at radius 3 is 2.39 bits per heavy atom. The van der Waals surface area contributed by atoms with E-state index in [4.69, 9.17) is 5.11 Å². The zero-order chi connectivity index (χ0) is 13.5. The van der Waals surface area contributed by atoms with Gasteiger partial charge in [0.1, 0.15) is 6.10 Å². The average molecular weight is 254 g/mol. The second-order valence-electron chi connectivity index (χ2n) is 3.98. The molecule has 1 rings (SSSR count). The minimum Gasteiger partial charge on any atom is -0.467 e. The fourth-order valence-corrected chi connectivity index (χ4v) is 1.60. The van der Waals surface area contributed by atoms with Crippen LogP contribution in [0.25, 0.3) is 0 Å². The Morgan fingerprint density at radius 2 is 1.89 bits per heavy atom. The van der Waals surface area contributed by atoms with Crippen molar-refractivity contribution < 1.29 is 24.9 Å². The van der Waals surface area contributed by atoms with Crippen molar-refractivity contribution in [2.45, 2.75) is 25.0 Å². The van der Waals surface area contributed by atoms with Crippen LogP contribution in [0.2, 0.25) is 0 Å². The van der Waals surface area contributed by atoms with Crippen LogP contribution in [-0.2, 0) is 16.0 Å². The molecular formula is C13H18O5. The summed E-state index contributed by atoms with van der Waals surface area (Å²) in [6, 6.07) is 6.86. The molecule has 0 aliphatic rings. The van der Waals surface area contributed by atoms with Crippen molar-refractivity contribution in [1.82, 2.24) is 0 Å². The summed E-state index contributed by atoms with van der Waals surface area (Å²) < 4.78 is 4.35. The van der Waals surface area contributed by atoms with Crippen LogP contribution in [0.15, 0.2) is 24.3 Å². The first-order valence-corrected chi connectivity index (χ1v) is 5.73. The number of aliphatic hydroxyl groups excluding tert-OH is 3. The highest BCUT2D eigenvalue weighted by molar-refractivity contribution is 5.75. The fourth-order valence-electron chi connectivity index (χ4n) is 1.60. The highest BCUT2D eigenvalue weighted by Gasteiger charge is 2.26. The minimum absolute atomic E-state index is 0.130. The van der Waals surface area contributed by atoms with Gasteiger partial charge in [-0.2, -0.15) is 0 Å². The van der Waals surface area contributed by atoms with Gasteiger partial charge in [0, 0.05) is 6.61 Å². The molecule has 5 nitrogen and oxygen atoms in total. The molecule has 0 saturated carbocycles. The first kappa shape index (κ1) is 14.6. The second-order valence-corrected chi connectivity index (χ2v) is 3.98. The van der Waals surface area contributed by atoms with Gasteiger partial charge in [0.15, 0.2) is 6.10 Å². The summed E-state index contributed by atoms with van der Waals surface area (Å²) in [5, 5.41) is 28.0. The number of carbonyl (C=O) groups is 1. The molecule has 2 unspecified atom stereocenters. The number of aliphatic hydroxyl groups is 3. The third kappa shape index (κ3) is 3.80. The number of aryl methyl sites for hydroxylation is 1. The zero-order valence-corrected chi connectivity index (χ0v) is 10.2. The van der Waals surface area contributed by atoms with Crippen LogP contribution >= 0.6 is 0 Å². The summed E-state index contributed by atoms with van der Waals surface area (Å²) in [6.07, 6.45) is -1.47. The van der Waals surface area contributed by atoms with E-state index in [9.17, 15) is 15.0 Å².